The predicted octanol–water partition coefficient (Wildman–Crippen LogP) is 5.24. The fourth-order valence-electron chi connectivity index (χ4n) is 2.18. The Bertz CT molecular complexity index is 703. The summed E-state index contributed by atoms with van der Waals surface area (Å²) in [6.07, 6.45) is 3.18. The van der Waals surface area contributed by atoms with Crippen molar-refractivity contribution in [2.45, 2.75) is 41.5 Å². The van der Waals surface area contributed by atoms with Crippen molar-refractivity contribution in [1.29, 1.82) is 0 Å². The molecule has 0 aliphatic carbocycles. The number of Topliss-reactive ketones (excluding diaryl/α,β-unsaturated/α-hetero) is 2. The van der Waals surface area contributed by atoms with Crippen LogP contribution in [0.3, 0.4) is 0 Å². The number of para-hydroxylation sites is 1. The van der Waals surface area contributed by atoms with Gasteiger partial charge in [0.1, 0.15) is 11.5 Å². The molecule has 0 saturated heterocycles. The number of pyridine rings is 1. The van der Waals surface area contributed by atoms with Gasteiger partial charge in [-0.3, -0.25) is 14.6 Å². The van der Waals surface area contributed by atoms with E-state index in [-0.39, 0.29) is 11.6 Å². The number of rotatable bonds is 8. The predicted molar refractivity (Wildman–Crippen MR) is 111 cm³/mol. The largest absolute Gasteiger partial charge is 0.493 e. The quantitative estimate of drug-likeness (QED) is 0.581. The summed E-state index contributed by atoms with van der Waals surface area (Å²) in [6.45, 7) is 12.6. The van der Waals surface area contributed by atoms with Crippen molar-refractivity contribution in [3.05, 3.63) is 53.9 Å². The summed E-state index contributed by atoms with van der Waals surface area (Å²) in [5.74, 6) is 2.22. The number of aromatic nitrogens is 1. The van der Waals surface area contributed by atoms with Crippen LogP contribution in [-0.2, 0) is 0 Å². The average Bonchev–Trinajstić information content (AvgIpc) is 2.65. The second-order valence-corrected chi connectivity index (χ2v) is 7.39. The molecule has 0 fully saturated rings. The lowest BCUT2D eigenvalue weighted by atomic mass is 10.1. The van der Waals surface area contributed by atoms with Crippen molar-refractivity contribution in [2.75, 3.05) is 13.2 Å². The van der Waals surface area contributed by atoms with E-state index in [4.69, 9.17) is 9.47 Å². The van der Waals surface area contributed by atoms with E-state index in [1.807, 2.05) is 18.2 Å². The zero-order valence-corrected chi connectivity index (χ0v) is 17.7. The van der Waals surface area contributed by atoms with Gasteiger partial charge < -0.3 is 9.47 Å². The fraction of sp³-hybridized carbons (Fsp3) is 0.435. The highest BCUT2D eigenvalue weighted by atomic mass is 16.5. The highest BCUT2D eigenvalue weighted by Crippen LogP contribution is 2.19. The van der Waals surface area contributed by atoms with Gasteiger partial charge in [0.15, 0.2) is 11.6 Å². The third-order valence-electron chi connectivity index (χ3n) is 3.57. The highest BCUT2D eigenvalue weighted by Gasteiger charge is 2.08. The first-order chi connectivity index (χ1) is 13.2. The van der Waals surface area contributed by atoms with Crippen molar-refractivity contribution in [3.8, 4) is 11.5 Å². The normalized spacial score (nSPS) is 10.3. The van der Waals surface area contributed by atoms with Crippen molar-refractivity contribution in [2.24, 2.45) is 11.8 Å². The molecule has 152 valence electrons. The molecule has 0 saturated carbocycles. The molecular weight excluding hydrogens is 354 g/mol. The standard InChI is InChI=1S/C12H16O2.C11H15NO2/c1-9(2)8-14-12-7-5-4-6-11(12)10(3)13;1-8(2)7-14-11-6-12-5-4-10(11)9(3)13/h4-7,9H,8H2,1-3H3;4-6,8H,7H2,1-3H3. The number of benzene rings is 1. The Hall–Kier alpha value is -2.69. The molecule has 2 aromatic rings. The molecule has 0 radical (unpaired) electrons. The summed E-state index contributed by atoms with van der Waals surface area (Å²) >= 11 is 0. The van der Waals surface area contributed by atoms with Crippen LogP contribution in [0.15, 0.2) is 42.7 Å². The van der Waals surface area contributed by atoms with E-state index in [1.165, 1.54) is 6.92 Å². The third-order valence-corrected chi connectivity index (χ3v) is 3.57. The maximum Gasteiger partial charge on any atom is 0.163 e. The third kappa shape index (κ3) is 8.33. The van der Waals surface area contributed by atoms with Crippen LogP contribution in [0.25, 0.3) is 0 Å². The van der Waals surface area contributed by atoms with E-state index < -0.39 is 0 Å². The van der Waals surface area contributed by atoms with E-state index in [1.54, 1.807) is 31.5 Å². The second-order valence-electron chi connectivity index (χ2n) is 7.39. The van der Waals surface area contributed by atoms with Crippen molar-refractivity contribution in [3.63, 3.8) is 0 Å². The van der Waals surface area contributed by atoms with Gasteiger partial charge >= 0.3 is 0 Å². The van der Waals surface area contributed by atoms with Crippen LogP contribution in [0, 0.1) is 11.8 Å². The van der Waals surface area contributed by atoms with Gasteiger partial charge in [0.05, 0.1) is 30.5 Å². The van der Waals surface area contributed by atoms with E-state index in [0.29, 0.717) is 47.7 Å². The molecule has 5 nitrogen and oxygen atoms in total. The number of hydrogen-bond donors (Lipinski definition) is 0. The zero-order valence-electron chi connectivity index (χ0n) is 17.7. The molecular formula is C23H31NO4. The van der Waals surface area contributed by atoms with Gasteiger partial charge in [0.2, 0.25) is 0 Å². The van der Waals surface area contributed by atoms with Crippen LogP contribution < -0.4 is 9.47 Å². The maximum absolute atomic E-state index is 11.2. The molecule has 0 spiro atoms. The van der Waals surface area contributed by atoms with Gasteiger partial charge in [0.25, 0.3) is 0 Å². The summed E-state index contributed by atoms with van der Waals surface area (Å²) in [5, 5.41) is 0. The molecule has 1 heterocycles. The van der Waals surface area contributed by atoms with Gasteiger partial charge in [-0.15, -0.1) is 0 Å². The summed E-state index contributed by atoms with van der Waals surface area (Å²) in [6, 6.07) is 9.02. The fourth-order valence-corrected chi connectivity index (χ4v) is 2.18. The Morgan fingerprint density at radius 1 is 0.821 bits per heavy atom. The molecule has 0 unspecified atom stereocenters. The number of ketones is 2. The number of hydrogen-bond acceptors (Lipinski definition) is 5. The summed E-state index contributed by atoms with van der Waals surface area (Å²) < 4.78 is 11.0. The van der Waals surface area contributed by atoms with E-state index >= 15 is 0 Å². The summed E-state index contributed by atoms with van der Waals surface area (Å²) in [5.41, 5.74) is 1.26. The van der Waals surface area contributed by atoms with Crippen LogP contribution in [0.1, 0.15) is 62.3 Å². The van der Waals surface area contributed by atoms with Gasteiger partial charge in [0, 0.05) is 6.20 Å². The minimum absolute atomic E-state index is 0.00570. The monoisotopic (exact) mass is 385 g/mol. The number of nitrogens with zero attached hydrogens (tertiary/aromatic N) is 1. The molecule has 0 amide bonds. The lowest BCUT2D eigenvalue weighted by Gasteiger charge is -2.11. The first-order valence-electron chi connectivity index (χ1n) is 9.52. The molecule has 1 aromatic carbocycles. The Labute approximate surface area is 168 Å². The lowest BCUT2D eigenvalue weighted by Crippen LogP contribution is -2.07. The highest BCUT2D eigenvalue weighted by molar-refractivity contribution is 5.97. The Kier molecular flexibility index (Phi) is 9.93. The smallest absolute Gasteiger partial charge is 0.163 e. The molecule has 28 heavy (non-hydrogen) atoms. The Morgan fingerprint density at radius 2 is 1.32 bits per heavy atom. The lowest BCUT2D eigenvalue weighted by molar-refractivity contribution is 0.1000. The molecule has 5 heteroatoms. The van der Waals surface area contributed by atoms with Crippen molar-refractivity contribution < 1.29 is 19.1 Å². The molecule has 0 bridgehead atoms. The van der Waals surface area contributed by atoms with E-state index in [9.17, 15) is 9.59 Å². The van der Waals surface area contributed by atoms with Gasteiger partial charge in [-0.1, -0.05) is 39.8 Å². The molecule has 1 aromatic heterocycles. The molecule has 0 N–H and O–H groups in total. The molecule has 0 atom stereocenters. The number of carbonyl (C=O) groups excluding carboxylic acids is 2. The first-order valence-corrected chi connectivity index (χ1v) is 9.52. The minimum atomic E-state index is 0.00570. The van der Waals surface area contributed by atoms with Crippen LogP contribution >= 0.6 is 0 Å². The number of carbonyl (C=O) groups is 2. The molecule has 0 aliphatic rings. The van der Waals surface area contributed by atoms with Crippen LogP contribution in [0.4, 0.5) is 0 Å². The van der Waals surface area contributed by atoms with Crippen molar-refractivity contribution >= 4 is 11.6 Å². The van der Waals surface area contributed by atoms with Crippen LogP contribution in [0.5, 0.6) is 11.5 Å². The van der Waals surface area contributed by atoms with Crippen molar-refractivity contribution in [1.82, 2.24) is 4.98 Å². The second kappa shape index (κ2) is 11.9. The summed E-state index contributed by atoms with van der Waals surface area (Å²) in [7, 11) is 0. The number of ether oxygens (including phenoxy) is 2. The average molecular weight is 386 g/mol. The first kappa shape index (κ1) is 23.3. The zero-order chi connectivity index (χ0) is 21.1. The maximum atomic E-state index is 11.2. The molecule has 0 aliphatic heterocycles. The minimum Gasteiger partial charge on any atom is -0.493 e. The Morgan fingerprint density at radius 3 is 1.86 bits per heavy atom. The summed E-state index contributed by atoms with van der Waals surface area (Å²) in [4.78, 5) is 26.4. The van der Waals surface area contributed by atoms with Crippen LogP contribution in [-0.4, -0.2) is 29.8 Å². The Balaban J connectivity index is 0.000000280. The van der Waals surface area contributed by atoms with E-state index in [0.717, 1.165) is 0 Å². The van der Waals surface area contributed by atoms with Gasteiger partial charge in [-0.2, -0.15) is 0 Å². The van der Waals surface area contributed by atoms with Gasteiger partial charge in [-0.25, -0.2) is 0 Å². The SMILES string of the molecule is CC(=O)c1ccccc1OCC(C)C.CC(=O)c1ccncc1OCC(C)C. The van der Waals surface area contributed by atoms with Gasteiger partial charge in [-0.05, 0) is 43.9 Å². The molecule has 2 rings (SSSR count). The van der Waals surface area contributed by atoms with E-state index in [2.05, 4.69) is 32.7 Å². The topological polar surface area (TPSA) is 65.5 Å². The van der Waals surface area contributed by atoms with Crippen LogP contribution in [0.2, 0.25) is 0 Å².